The van der Waals surface area contributed by atoms with Crippen molar-refractivity contribution in [2.45, 2.75) is 0 Å². The Hall–Kier alpha value is -6.02. The minimum Gasteiger partial charge on any atom is -0.135 e. The van der Waals surface area contributed by atoms with Gasteiger partial charge in [-0.3, -0.25) is 0 Å². The van der Waals surface area contributed by atoms with Gasteiger partial charge in [-0.05, 0) is 89.0 Å². The van der Waals surface area contributed by atoms with Crippen LogP contribution in [0.25, 0.3) is 97.0 Å². The average Bonchev–Trinajstić information content (AvgIpc) is 3.57. The van der Waals surface area contributed by atoms with Crippen LogP contribution in [0.3, 0.4) is 0 Å². The molecule has 10 aromatic rings. The van der Waals surface area contributed by atoms with Crippen molar-refractivity contribution in [1.82, 2.24) is 0 Å². The van der Waals surface area contributed by atoms with Crippen LogP contribution < -0.4 is 0 Å². The summed E-state index contributed by atoms with van der Waals surface area (Å²) in [5.41, 5.74) is 10.1. The number of rotatable bonds is 4. The molecule has 0 nitrogen and oxygen atoms in total. The molecule has 49 heavy (non-hydrogen) atoms. The second-order valence-electron chi connectivity index (χ2n) is 12.8. The van der Waals surface area contributed by atoms with E-state index in [4.69, 9.17) is 0 Å². The van der Waals surface area contributed by atoms with E-state index < -0.39 is 0 Å². The second kappa shape index (κ2) is 11.3. The summed E-state index contributed by atoms with van der Waals surface area (Å²) in [6.07, 6.45) is 0. The highest BCUT2D eigenvalue weighted by Crippen LogP contribution is 2.47. The monoisotopic (exact) mass is 638 g/mol. The lowest BCUT2D eigenvalue weighted by Crippen LogP contribution is -1.91. The van der Waals surface area contributed by atoms with Gasteiger partial charge in [-0.2, -0.15) is 0 Å². The second-order valence-corrected chi connectivity index (χ2v) is 13.9. The molecule has 0 bridgehead atoms. The maximum atomic E-state index is 2.33. The van der Waals surface area contributed by atoms with Crippen LogP contribution in [0.5, 0.6) is 0 Å². The van der Waals surface area contributed by atoms with Crippen molar-refractivity contribution < 1.29 is 0 Å². The summed E-state index contributed by atoms with van der Waals surface area (Å²) in [5, 5.41) is 10.3. The molecule has 0 spiro atoms. The zero-order valence-electron chi connectivity index (χ0n) is 26.7. The molecule has 0 aliphatic carbocycles. The van der Waals surface area contributed by atoms with Crippen molar-refractivity contribution in [2.24, 2.45) is 0 Å². The van der Waals surface area contributed by atoms with E-state index in [1.54, 1.807) is 0 Å². The van der Waals surface area contributed by atoms with E-state index >= 15 is 0 Å². The standard InChI is InChI=1S/C48H30S/c1-2-13-32(14-3-1)36-22-11-25-43-47(36)48-37(23-12-26-44(48)49-43)33-27-29-34(30-28-33)45-39-18-6-8-20-41(39)46(42-21-9-7-19-40(42)45)38-24-10-16-31-15-4-5-17-35(31)38/h1-30H. The molecule has 0 aliphatic heterocycles. The summed E-state index contributed by atoms with van der Waals surface area (Å²) in [5.74, 6) is 0. The van der Waals surface area contributed by atoms with Crippen LogP contribution in [0.4, 0.5) is 0 Å². The number of hydrogen-bond donors (Lipinski definition) is 0. The summed E-state index contributed by atoms with van der Waals surface area (Å²) >= 11 is 1.88. The first-order chi connectivity index (χ1) is 24.3. The Morgan fingerprint density at radius 1 is 0.265 bits per heavy atom. The maximum Gasteiger partial charge on any atom is 0.0361 e. The molecule has 0 N–H and O–H groups in total. The fourth-order valence-electron chi connectivity index (χ4n) is 7.95. The molecule has 0 radical (unpaired) electrons. The fraction of sp³-hybridized carbons (Fsp3) is 0. The van der Waals surface area contributed by atoms with Crippen LogP contribution in [0, 0.1) is 0 Å². The van der Waals surface area contributed by atoms with E-state index in [9.17, 15) is 0 Å². The summed E-state index contributed by atoms with van der Waals surface area (Å²) in [7, 11) is 0. The van der Waals surface area contributed by atoms with E-state index in [1.165, 1.54) is 97.0 Å². The normalized spacial score (nSPS) is 11.7. The van der Waals surface area contributed by atoms with Crippen molar-refractivity contribution in [3.05, 3.63) is 182 Å². The molecule has 10 rings (SSSR count). The highest BCUT2D eigenvalue weighted by molar-refractivity contribution is 7.26. The van der Waals surface area contributed by atoms with Crippen LogP contribution in [0.15, 0.2) is 182 Å². The van der Waals surface area contributed by atoms with Crippen LogP contribution in [-0.2, 0) is 0 Å². The van der Waals surface area contributed by atoms with E-state index in [0.717, 1.165) is 0 Å². The van der Waals surface area contributed by atoms with Crippen molar-refractivity contribution >= 4 is 63.8 Å². The van der Waals surface area contributed by atoms with Crippen LogP contribution in [-0.4, -0.2) is 0 Å². The molecule has 1 aromatic heterocycles. The molecule has 0 atom stereocenters. The molecule has 0 saturated heterocycles. The number of thiophene rings is 1. The summed E-state index contributed by atoms with van der Waals surface area (Å²) in [4.78, 5) is 0. The molecule has 0 fully saturated rings. The molecule has 228 valence electrons. The third-order valence-electron chi connectivity index (χ3n) is 10.1. The molecule has 1 heteroatoms. The van der Waals surface area contributed by atoms with Gasteiger partial charge >= 0.3 is 0 Å². The molecule has 1 heterocycles. The first kappa shape index (κ1) is 28.0. The lowest BCUT2D eigenvalue weighted by atomic mass is 9.84. The van der Waals surface area contributed by atoms with Crippen molar-refractivity contribution in [3.63, 3.8) is 0 Å². The molecule has 0 unspecified atom stereocenters. The Balaban J connectivity index is 1.18. The average molecular weight is 639 g/mol. The quantitative estimate of drug-likeness (QED) is 0.168. The van der Waals surface area contributed by atoms with E-state index in [1.807, 2.05) is 11.3 Å². The SMILES string of the molecule is c1ccc(-c2cccc3sc4cccc(-c5ccc(-c6c7ccccc7c(-c7cccc8ccccc78)c7ccccc67)cc5)c4c23)cc1. The third kappa shape index (κ3) is 4.44. The Kier molecular flexibility index (Phi) is 6.47. The fourth-order valence-corrected chi connectivity index (χ4v) is 9.11. The molecule has 9 aromatic carbocycles. The lowest BCUT2D eigenvalue weighted by Gasteiger charge is -2.19. The predicted octanol–water partition coefficient (Wildman–Crippen LogP) is 14.2. The Morgan fingerprint density at radius 2 is 0.694 bits per heavy atom. The zero-order chi connectivity index (χ0) is 32.3. The van der Waals surface area contributed by atoms with Gasteiger partial charge in [-0.25, -0.2) is 0 Å². The highest BCUT2D eigenvalue weighted by atomic mass is 32.1. The van der Waals surface area contributed by atoms with Gasteiger partial charge in [0.2, 0.25) is 0 Å². The minimum atomic E-state index is 1.23. The summed E-state index contributed by atoms with van der Waals surface area (Å²) in [6.45, 7) is 0. The first-order valence-corrected chi connectivity index (χ1v) is 17.7. The van der Waals surface area contributed by atoms with Gasteiger partial charge in [0.25, 0.3) is 0 Å². The molecular weight excluding hydrogens is 609 g/mol. The van der Waals surface area contributed by atoms with Crippen LogP contribution in [0.1, 0.15) is 0 Å². The predicted molar refractivity (Wildman–Crippen MR) is 214 cm³/mol. The van der Waals surface area contributed by atoms with Crippen molar-refractivity contribution in [2.75, 3.05) is 0 Å². The minimum absolute atomic E-state index is 1.23. The molecular formula is C48H30S. The van der Waals surface area contributed by atoms with Gasteiger partial charge in [0.05, 0.1) is 0 Å². The largest absolute Gasteiger partial charge is 0.135 e. The Bertz CT molecular complexity index is 2790. The molecule has 0 amide bonds. The Labute approximate surface area is 289 Å². The lowest BCUT2D eigenvalue weighted by molar-refractivity contribution is 1.64. The van der Waals surface area contributed by atoms with Gasteiger partial charge in [-0.1, -0.05) is 170 Å². The van der Waals surface area contributed by atoms with Gasteiger partial charge in [0, 0.05) is 20.2 Å². The Morgan fingerprint density at radius 3 is 1.31 bits per heavy atom. The van der Waals surface area contributed by atoms with Gasteiger partial charge in [0.15, 0.2) is 0 Å². The van der Waals surface area contributed by atoms with E-state index in [0.29, 0.717) is 0 Å². The van der Waals surface area contributed by atoms with Gasteiger partial charge in [-0.15, -0.1) is 11.3 Å². The van der Waals surface area contributed by atoms with Crippen LogP contribution >= 0.6 is 11.3 Å². The number of hydrogen-bond acceptors (Lipinski definition) is 1. The topological polar surface area (TPSA) is 0 Å². The number of fused-ring (bicyclic) bond motifs is 6. The van der Waals surface area contributed by atoms with Crippen molar-refractivity contribution in [1.29, 1.82) is 0 Å². The zero-order valence-corrected chi connectivity index (χ0v) is 27.5. The van der Waals surface area contributed by atoms with E-state index in [2.05, 4.69) is 182 Å². The summed E-state index contributed by atoms with van der Waals surface area (Å²) in [6, 6.07) is 66.8. The van der Waals surface area contributed by atoms with Crippen molar-refractivity contribution in [3.8, 4) is 44.5 Å². The van der Waals surface area contributed by atoms with Gasteiger partial charge in [0.1, 0.15) is 0 Å². The smallest absolute Gasteiger partial charge is 0.0361 e. The van der Waals surface area contributed by atoms with E-state index in [-0.39, 0.29) is 0 Å². The number of benzene rings is 9. The molecule has 0 saturated carbocycles. The third-order valence-corrected chi connectivity index (χ3v) is 11.2. The van der Waals surface area contributed by atoms with Crippen LogP contribution in [0.2, 0.25) is 0 Å². The maximum absolute atomic E-state index is 2.33. The first-order valence-electron chi connectivity index (χ1n) is 16.9. The molecule has 0 aliphatic rings. The van der Waals surface area contributed by atoms with Gasteiger partial charge < -0.3 is 0 Å². The summed E-state index contributed by atoms with van der Waals surface area (Å²) < 4.78 is 2.64. The highest BCUT2D eigenvalue weighted by Gasteiger charge is 2.19.